The van der Waals surface area contributed by atoms with Crippen LogP contribution in [0.5, 0.6) is 0 Å². The van der Waals surface area contributed by atoms with E-state index in [9.17, 15) is 0 Å². The molecule has 0 N–H and O–H groups in total. The predicted molar refractivity (Wildman–Crippen MR) is 255 cm³/mol. The number of furan rings is 1. The Hall–Kier alpha value is -7.94. The van der Waals surface area contributed by atoms with E-state index in [4.69, 9.17) is 4.42 Å². The minimum Gasteiger partial charge on any atom is -0.454 e. The number of nitrogens with zero attached hydrogens (tertiary/aromatic N) is 1. The highest BCUT2D eigenvalue weighted by Gasteiger charge is 2.25. The van der Waals surface area contributed by atoms with E-state index in [1.807, 2.05) is 6.07 Å². The van der Waals surface area contributed by atoms with Gasteiger partial charge in [0.1, 0.15) is 5.58 Å². The van der Waals surface area contributed by atoms with Gasteiger partial charge in [-0.25, -0.2) is 0 Å². The average Bonchev–Trinajstić information content (AvgIpc) is 3.71. The molecule has 280 valence electrons. The smallest absolute Gasteiger partial charge is 0.159 e. The second-order valence-electron chi connectivity index (χ2n) is 15.6. The molecule has 1 aromatic heterocycles. The number of hydrogen-bond donors (Lipinski definition) is 0. The van der Waals surface area contributed by atoms with E-state index < -0.39 is 0 Å². The summed E-state index contributed by atoms with van der Waals surface area (Å²) in [5, 5.41) is 11.9. The van der Waals surface area contributed by atoms with Crippen molar-refractivity contribution in [3.05, 3.63) is 224 Å². The second kappa shape index (κ2) is 13.9. The molecule has 0 saturated carbocycles. The van der Waals surface area contributed by atoms with Crippen LogP contribution in [0.25, 0.3) is 98.4 Å². The summed E-state index contributed by atoms with van der Waals surface area (Å²) in [4.78, 5) is 2.44. The summed E-state index contributed by atoms with van der Waals surface area (Å²) in [5.74, 6) is 0. The topological polar surface area (TPSA) is 16.4 Å². The Morgan fingerprint density at radius 2 is 0.817 bits per heavy atom. The Kier molecular flexibility index (Phi) is 7.89. The van der Waals surface area contributed by atoms with E-state index in [1.165, 1.54) is 65.3 Å². The Bertz CT molecular complexity index is 3600. The van der Waals surface area contributed by atoms with Crippen LogP contribution in [-0.2, 0) is 0 Å². The molecule has 0 aliphatic rings. The summed E-state index contributed by atoms with van der Waals surface area (Å²) in [5.41, 5.74) is 12.0. The lowest BCUT2D eigenvalue weighted by Gasteiger charge is -2.29. The van der Waals surface area contributed by atoms with Gasteiger partial charge in [0.15, 0.2) is 5.58 Å². The van der Waals surface area contributed by atoms with Crippen molar-refractivity contribution < 1.29 is 4.42 Å². The number of benzene rings is 11. The molecule has 0 spiro atoms. The number of anilines is 3. The number of fused-ring (bicyclic) bond motifs is 9. The van der Waals surface area contributed by atoms with E-state index >= 15 is 0 Å². The van der Waals surface area contributed by atoms with Crippen LogP contribution in [0.1, 0.15) is 0 Å². The Labute approximate surface area is 347 Å². The molecule has 0 aliphatic heterocycles. The summed E-state index contributed by atoms with van der Waals surface area (Å²) in [6.07, 6.45) is 0. The van der Waals surface area contributed by atoms with Gasteiger partial charge in [0.2, 0.25) is 0 Å². The molecule has 60 heavy (non-hydrogen) atoms. The first-order valence-corrected chi connectivity index (χ1v) is 20.6. The molecule has 1 heterocycles. The van der Waals surface area contributed by atoms with Crippen LogP contribution in [0.2, 0.25) is 0 Å². The Morgan fingerprint density at radius 3 is 1.58 bits per heavy atom. The molecule has 12 rings (SSSR count). The van der Waals surface area contributed by atoms with E-state index in [1.54, 1.807) is 0 Å². The summed E-state index contributed by atoms with van der Waals surface area (Å²) < 4.78 is 6.83. The molecule has 0 amide bonds. The molecule has 0 atom stereocenters. The van der Waals surface area contributed by atoms with E-state index in [0.29, 0.717) is 0 Å². The molecule has 2 heteroatoms. The molecule has 0 aliphatic carbocycles. The molecule has 0 fully saturated rings. The Balaban J connectivity index is 1.18. The van der Waals surface area contributed by atoms with Crippen molar-refractivity contribution in [2.75, 3.05) is 4.90 Å². The Morgan fingerprint density at radius 1 is 0.283 bits per heavy atom. The summed E-state index contributed by atoms with van der Waals surface area (Å²) in [6, 6.07) is 81.3. The van der Waals surface area contributed by atoms with Crippen molar-refractivity contribution in [2.24, 2.45) is 0 Å². The molecule has 0 bridgehead atoms. The van der Waals surface area contributed by atoms with Crippen LogP contribution in [-0.4, -0.2) is 0 Å². The fourth-order valence-corrected chi connectivity index (χ4v) is 9.60. The van der Waals surface area contributed by atoms with E-state index in [0.717, 1.165) is 50.1 Å². The summed E-state index contributed by atoms with van der Waals surface area (Å²) in [6.45, 7) is 0. The van der Waals surface area contributed by atoms with Gasteiger partial charge in [0.25, 0.3) is 0 Å². The lowest BCUT2D eigenvalue weighted by Crippen LogP contribution is -2.12. The standard InChI is InChI=1S/C58H37NO/c1-3-18-38(19-4-1)56-49-29-12-10-26-45(49)46-35-34-41(36-51(46)57(56)39-20-5-2-6-21-39)43-24-13-15-31-52(43)59(53-32-17-30-50-48-28-14-16-33-55(48)60-58(50)53)54-37-40-22-7-8-23-42(40)44-25-9-11-27-47(44)54/h1-37H. The van der Waals surface area contributed by atoms with Gasteiger partial charge in [-0.3, -0.25) is 0 Å². The number of para-hydroxylation sites is 3. The van der Waals surface area contributed by atoms with Gasteiger partial charge >= 0.3 is 0 Å². The largest absolute Gasteiger partial charge is 0.454 e. The molecule has 0 radical (unpaired) electrons. The third-order valence-electron chi connectivity index (χ3n) is 12.2. The van der Waals surface area contributed by atoms with Gasteiger partial charge in [-0.2, -0.15) is 0 Å². The van der Waals surface area contributed by atoms with Crippen LogP contribution in [0, 0.1) is 0 Å². The van der Waals surface area contributed by atoms with Crippen molar-refractivity contribution in [1.29, 1.82) is 0 Å². The van der Waals surface area contributed by atoms with E-state index in [2.05, 4.69) is 223 Å². The van der Waals surface area contributed by atoms with E-state index in [-0.39, 0.29) is 0 Å². The summed E-state index contributed by atoms with van der Waals surface area (Å²) in [7, 11) is 0. The third kappa shape index (κ3) is 5.35. The van der Waals surface area contributed by atoms with Gasteiger partial charge in [-0.1, -0.05) is 194 Å². The maximum atomic E-state index is 6.83. The first kappa shape index (κ1) is 34.1. The van der Waals surface area contributed by atoms with Crippen LogP contribution in [0.15, 0.2) is 229 Å². The number of rotatable bonds is 6. The van der Waals surface area contributed by atoms with Gasteiger partial charge in [-0.15, -0.1) is 0 Å². The highest BCUT2D eigenvalue weighted by Crippen LogP contribution is 2.50. The maximum absolute atomic E-state index is 6.83. The fourth-order valence-electron chi connectivity index (χ4n) is 9.60. The average molecular weight is 764 g/mol. The highest BCUT2D eigenvalue weighted by molar-refractivity contribution is 6.23. The SMILES string of the molecule is c1ccc(-c2c(-c3ccccc3)c3cc(-c4ccccc4N(c4cc5ccccc5c5ccccc45)c4cccc5c4oc4ccccc45)ccc3c3ccccc23)cc1. The van der Waals surface area contributed by atoms with Crippen molar-refractivity contribution in [3.8, 4) is 33.4 Å². The molecule has 2 nitrogen and oxygen atoms in total. The van der Waals surface area contributed by atoms with Crippen molar-refractivity contribution in [1.82, 2.24) is 0 Å². The van der Waals surface area contributed by atoms with Crippen LogP contribution >= 0.6 is 0 Å². The maximum Gasteiger partial charge on any atom is 0.159 e. The molecule has 0 unspecified atom stereocenters. The molecular weight excluding hydrogens is 727 g/mol. The van der Waals surface area contributed by atoms with Crippen LogP contribution < -0.4 is 4.90 Å². The number of hydrogen-bond acceptors (Lipinski definition) is 2. The van der Waals surface area contributed by atoms with Gasteiger partial charge < -0.3 is 9.32 Å². The highest BCUT2D eigenvalue weighted by atomic mass is 16.3. The zero-order valence-electron chi connectivity index (χ0n) is 32.7. The molecule has 11 aromatic carbocycles. The summed E-state index contributed by atoms with van der Waals surface area (Å²) >= 11 is 0. The molecule has 12 aromatic rings. The lowest BCUT2D eigenvalue weighted by molar-refractivity contribution is 0.669. The van der Waals surface area contributed by atoms with Crippen LogP contribution in [0.4, 0.5) is 17.1 Å². The van der Waals surface area contributed by atoms with Gasteiger partial charge in [0.05, 0.1) is 17.1 Å². The monoisotopic (exact) mass is 763 g/mol. The normalized spacial score (nSPS) is 11.7. The zero-order valence-corrected chi connectivity index (χ0v) is 32.7. The first-order chi connectivity index (χ1) is 29.8. The zero-order chi connectivity index (χ0) is 39.6. The van der Waals surface area contributed by atoms with Crippen molar-refractivity contribution >= 4 is 82.1 Å². The van der Waals surface area contributed by atoms with Gasteiger partial charge in [-0.05, 0) is 95.9 Å². The van der Waals surface area contributed by atoms with Gasteiger partial charge in [0, 0.05) is 21.7 Å². The van der Waals surface area contributed by atoms with Crippen LogP contribution in [0.3, 0.4) is 0 Å². The lowest BCUT2D eigenvalue weighted by atomic mass is 9.84. The minimum absolute atomic E-state index is 0.856. The fraction of sp³-hybridized carbons (Fsp3) is 0. The predicted octanol–water partition coefficient (Wildman–Crippen LogP) is 16.7. The third-order valence-corrected chi connectivity index (χ3v) is 12.2. The van der Waals surface area contributed by atoms with Crippen molar-refractivity contribution in [2.45, 2.75) is 0 Å². The molecule has 0 saturated heterocycles. The second-order valence-corrected chi connectivity index (χ2v) is 15.6. The quantitative estimate of drug-likeness (QED) is 0.157. The van der Waals surface area contributed by atoms with Crippen molar-refractivity contribution in [3.63, 3.8) is 0 Å². The first-order valence-electron chi connectivity index (χ1n) is 20.6. The molecular formula is C58H37NO. The minimum atomic E-state index is 0.856.